The average molecular weight is 286 g/mol. The molecule has 18 heavy (non-hydrogen) atoms. The molecular formula is C14H20ClNOS. The molecule has 1 aliphatic heterocycles. The summed E-state index contributed by atoms with van der Waals surface area (Å²) in [4.78, 5) is 0. The number of rotatable bonds is 4. The lowest BCUT2D eigenvalue weighted by molar-refractivity contribution is 0.178. The van der Waals surface area contributed by atoms with Gasteiger partial charge in [0, 0.05) is 11.6 Å². The topological polar surface area (TPSA) is 32.3 Å². The summed E-state index contributed by atoms with van der Waals surface area (Å²) >= 11 is 8.39. The second kappa shape index (κ2) is 6.80. The Hall–Kier alpha value is -0.220. The maximum atomic E-state index is 9.92. The van der Waals surface area contributed by atoms with Gasteiger partial charge in [0.25, 0.3) is 0 Å². The number of hydrogen-bond acceptors (Lipinski definition) is 3. The molecule has 1 heterocycles. The van der Waals surface area contributed by atoms with Crippen molar-refractivity contribution in [3.8, 4) is 0 Å². The highest BCUT2D eigenvalue weighted by Crippen LogP contribution is 2.36. The summed E-state index contributed by atoms with van der Waals surface area (Å²) in [5.41, 5.74) is 2.14. The van der Waals surface area contributed by atoms with Crippen LogP contribution >= 0.6 is 23.4 Å². The minimum absolute atomic E-state index is 0.483. The van der Waals surface area contributed by atoms with Crippen LogP contribution in [0.5, 0.6) is 0 Å². The third-order valence-corrected chi connectivity index (χ3v) is 4.84. The van der Waals surface area contributed by atoms with Crippen LogP contribution in [0.2, 0.25) is 5.02 Å². The van der Waals surface area contributed by atoms with E-state index in [0.29, 0.717) is 12.5 Å². The Morgan fingerprint density at radius 2 is 2.17 bits per heavy atom. The molecular weight excluding hydrogens is 266 g/mol. The predicted octanol–water partition coefficient (Wildman–Crippen LogP) is 3.20. The fraction of sp³-hybridized carbons (Fsp3) is 0.571. The summed E-state index contributed by atoms with van der Waals surface area (Å²) in [6.45, 7) is 0.551. The maximum Gasteiger partial charge on any atom is 0.0914 e. The van der Waals surface area contributed by atoms with Crippen LogP contribution in [0, 0.1) is 0 Å². The maximum absolute atomic E-state index is 9.92. The molecule has 0 aromatic heterocycles. The van der Waals surface area contributed by atoms with Crippen molar-refractivity contribution < 1.29 is 5.11 Å². The molecule has 0 amide bonds. The van der Waals surface area contributed by atoms with Crippen LogP contribution in [-0.2, 0) is 0 Å². The molecule has 0 aliphatic carbocycles. The number of aliphatic hydroxyl groups is 1. The van der Waals surface area contributed by atoms with Crippen LogP contribution in [0.25, 0.3) is 0 Å². The first-order valence-electron chi connectivity index (χ1n) is 6.42. The third-order valence-electron chi connectivity index (χ3n) is 3.47. The van der Waals surface area contributed by atoms with Crippen LogP contribution in [0.4, 0.5) is 0 Å². The van der Waals surface area contributed by atoms with Crippen LogP contribution in [0.1, 0.15) is 36.0 Å². The van der Waals surface area contributed by atoms with Gasteiger partial charge in [-0.25, -0.2) is 0 Å². The first-order chi connectivity index (χ1) is 8.72. The first kappa shape index (κ1) is 14.2. The molecule has 0 spiro atoms. The molecule has 0 radical (unpaired) electrons. The fourth-order valence-corrected chi connectivity index (χ4v) is 3.85. The van der Waals surface area contributed by atoms with Gasteiger partial charge in [-0.05, 0) is 54.5 Å². The minimum atomic E-state index is -0.483. The van der Waals surface area contributed by atoms with Crippen LogP contribution in [0.15, 0.2) is 18.2 Å². The van der Waals surface area contributed by atoms with E-state index >= 15 is 0 Å². The van der Waals surface area contributed by atoms with Crippen molar-refractivity contribution in [1.29, 1.82) is 0 Å². The lowest BCUT2D eigenvalue weighted by Crippen LogP contribution is -2.17. The van der Waals surface area contributed by atoms with Gasteiger partial charge in [-0.3, -0.25) is 0 Å². The van der Waals surface area contributed by atoms with Crippen molar-refractivity contribution in [2.24, 2.45) is 0 Å². The monoisotopic (exact) mass is 285 g/mol. The third kappa shape index (κ3) is 3.41. The molecule has 2 nitrogen and oxygen atoms in total. The van der Waals surface area contributed by atoms with E-state index in [1.54, 1.807) is 0 Å². The Bertz CT molecular complexity index is 393. The van der Waals surface area contributed by atoms with E-state index in [4.69, 9.17) is 11.6 Å². The highest BCUT2D eigenvalue weighted by molar-refractivity contribution is 7.99. The van der Waals surface area contributed by atoms with Crippen molar-refractivity contribution in [1.82, 2.24) is 5.32 Å². The van der Waals surface area contributed by atoms with Crippen molar-refractivity contribution in [3.63, 3.8) is 0 Å². The lowest BCUT2D eigenvalue weighted by atomic mass is 9.92. The molecule has 1 atom stereocenters. The van der Waals surface area contributed by atoms with Gasteiger partial charge in [0.15, 0.2) is 0 Å². The van der Waals surface area contributed by atoms with Gasteiger partial charge in [-0.2, -0.15) is 11.8 Å². The number of thioether (sulfide) groups is 1. The quantitative estimate of drug-likeness (QED) is 0.891. The molecule has 1 saturated heterocycles. The van der Waals surface area contributed by atoms with Crippen molar-refractivity contribution in [3.05, 3.63) is 34.3 Å². The summed E-state index contributed by atoms with van der Waals surface area (Å²) in [5, 5.41) is 13.7. The van der Waals surface area contributed by atoms with Crippen molar-refractivity contribution in [2.45, 2.75) is 24.9 Å². The molecule has 2 N–H and O–H groups in total. The van der Waals surface area contributed by atoms with Gasteiger partial charge in [0.05, 0.1) is 6.10 Å². The molecule has 100 valence electrons. The summed E-state index contributed by atoms with van der Waals surface area (Å²) in [6.07, 6.45) is 1.94. The van der Waals surface area contributed by atoms with Gasteiger partial charge in [0.2, 0.25) is 0 Å². The molecule has 1 aliphatic rings. The van der Waals surface area contributed by atoms with Gasteiger partial charge < -0.3 is 10.4 Å². The SMILES string of the molecule is CNCC(O)c1ccc(C2CCSCC2)c(Cl)c1. The first-order valence-corrected chi connectivity index (χ1v) is 7.95. The van der Waals surface area contributed by atoms with E-state index in [1.165, 1.54) is 29.9 Å². The van der Waals surface area contributed by atoms with Gasteiger partial charge in [-0.1, -0.05) is 23.7 Å². The van der Waals surface area contributed by atoms with Crippen molar-refractivity contribution in [2.75, 3.05) is 25.1 Å². The summed E-state index contributed by atoms with van der Waals surface area (Å²) in [6, 6.07) is 6.02. The van der Waals surface area contributed by atoms with Gasteiger partial charge >= 0.3 is 0 Å². The zero-order chi connectivity index (χ0) is 13.0. The Labute approximate surface area is 118 Å². The Kier molecular flexibility index (Phi) is 5.37. The van der Waals surface area contributed by atoms with E-state index in [0.717, 1.165) is 10.6 Å². The van der Waals surface area contributed by atoms with E-state index in [2.05, 4.69) is 11.4 Å². The second-order valence-corrected chi connectivity index (χ2v) is 6.37. The molecule has 0 saturated carbocycles. The van der Waals surface area contributed by atoms with E-state index in [1.807, 2.05) is 30.9 Å². The minimum Gasteiger partial charge on any atom is -0.387 e. The van der Waals surface area contributed by atoms with Crippen LogP contribution in [-0.4, -0.2) is 30.2 Å². The van der Waals surface area contributed by atoms with Gasteiger partial charge in [-0.15, -0.1) is 0 Å². The number of benzene rings is 1. The molecule has 1 aromatic carbocycles. The zero-order valence-corrected chi connectivity index (χ0v) is 12.2. The number of halogens is 1. The standard InChI is InChI=1S/C14H20ClNOS/c1-16-9-14(17)11-2-3-12(13(15)8-11)10-4-6-18-7-5-10/h2-3,8,10,14,16-17H,4-7,9H2,1H3. The summed E-state index contributed by atoms with van der Waals surface area (Å²) < 4.78 is 0. The molecule has 0 bridgehead atoms. The number of hydrogen-bond donors (Lipinski definition) is 2. The highest BCUT2D eigenvalue weighted by Gasteiger charge is 2.19. The van der Waals surface area contributed by atoms with E-state index in [-0.39, 0.29) is 0 Å². The van der Waals surface area contributed by atoms with Gasteiger partial charge in [0.1, 0.15) is 0 Å². The van der Waals surface area contributed by atoms with Crippen LogP contribution < -0.4 is 5.32 Å². The lowest BCUT2D eigenvalue weighted by Gasteiger charge is -2.23. The average Bonchev–Trinajstić information content (AvgIpc) is 2.40. The number of aliphatic hydroxyl groups excluding tert-OH is 1. The molecule has 2 rings (SSSR count). The summed E-state index contributed by atoms with van der Waals surface area (Å²) in [5.74, 6) is 3.05. The van der Waals surface area contributed by atoms with E-state index < -0.39 is 6.10 Å². The highest BCUT2D eigenvalue weighted by atomic mass is 35.5. The zero-order valence-electron chi connectivity index (χ0n) is 10.7. The second-order valence-electron chi connectivity index (χ2n) is 4.74. The smallest absolute Gasteiger partial charge is 0.0914 e. The Morgan fingerprint density at radius 1 is 1.44 bits per heavy atom. The fourth-order valence-electron chi connectivity index (χ4n) is 2.40. The van der Waals surface area contributed by atoms with Crippen LogP contribution in [0.3, 0.4) is 0 Å². The predicted molar refractivity (Wildman–Crippen MR) is 79.6 cm³/mol. The summed E-state index contributed by atoms with van der Waals surface area (Å²) in [7, 11) is 1.83. The van der Waals surface area contributed by atoms with E-state index in [9.17, 15) is 5.11 Å². The Balaban J connectivity index is 2.13. The molecule has 1 fully saturated rings. The largest absolute Gasteiger partial charge is 0.387 e. The Morgan fingerprint density at radius 3 is 2.78 bits per heavy atom. The number of likely N-dealkylation sites (N-methyl/N-ethyl adjacent to an activating group) is 1. The van der Waals surface area contributed by atoms with Crippen molar-refractivity contribution >= 4 is 23.4 Å². The molecule has 1 aromatic rings. The normalized spacial score (nSPS) is 18.8. The molecule has 1 unspecified atom stereocenters. The molecule has 4 heteroatoms. The number of nitrogens with one attached hydrogen (secondary N) is 1.